The Hall–Kier alpha value is -5.26. The van der Waals surface area contributed by atoms with Gasteiger partial charge in [0, 0.05) is 23.0 Å². The van der Waals surface area contributed by atoms with E-state index in [2.05, 4.69) is 36.1 Å². The first-order valence-corrected chi connectivity index (χ1v) is 10.3. The van der Waals surface area contributed by atoms with Crippen LogP contribution < -0.4 is 20.8 Å². The maximum atomic E-state index is 11.2. The Balaban J connectivity index is 1.61. The minimum Gasteiger partial charge on any atom is -0.504 e. The summed E-state index contributed by atoms with van der Waals surface area (Å²) in [6.07, 6.45) is 1.20. The van der Waals surface area contributed by atoms with E-state index >= 15 is 0 Å². The molecule has 0 aliphatic carbocycles. The summed E-state index contributed by atoms with van der Waals surface area (Å²) >= 11 is 0. The van der Waals surface area contributed by atoms with Gasteiger partial charge in [0.05, 0.1) is 24.3 Å². The van der Waals surface area contributed by atoms with E-state index in [9.17, 15) is 15.2 Å². The molecule has 35 heavy (non-hydrogen) atoms. The molecule has 12 heteroatoms. The van der Waals surface area contributed by atoms with Crippen LogP contribution in [0.15, 0.2) is 77.9 Å². The summed E-state index contributed by atoms with van der Waals surface area (Å²) in [5, 5.41) is 31.7. The lowest BCUT2D eigenvalue weighted by atomic mass is 10.2. The van der Waals surface area contributed by atoms with Crippen molar-refractivity contribution >= 4 is 41.1 Å². The van der Waals surface area contributed by atoms with Gasteiger partial charge in [-0.15, -0.1) is 0 Å². The third-order valence-electron chi connectivity index (χ3n) is 4.58. The van der Waals surface area contributed by atoms with Crippen molar-refractivity contribution in [3.05, 3.63) is 88.5 Å². The van der Waals surface area contributed by atoms with E-state index < -0.39 is 4.92 Å². The van der Waals surface area contributed by atoms with Crippen molar-refractivity contribution in [2.24, 2.45) is 5.10 Å². The number of nitro groups is 1. The predicted molar refractivity (Wildman–Crippen MR) is 132 cm³/mol. The third-order valence-corrected chi connectivity index (χ3v) is 4.58. The van der Waals surface area contributed by atoms with Gasteiger partial charge in [0.25, 0.3) is 5.69 Å². The zero-order chi connectivity index (χ0) is 24.6. The lowest BCUT2D eigenvalue weighted by molar-refractivity contribution is -0.385. The molecule has 4 aromatic rings. The number of phenols is 1. The number of para-hydroxylation sites is 2. The molecule has 0 saturated carbocycles. The highest BCUT2D eigenvalue weighted by Gasteiger charge is 2.16. The topological polar surface area (TPSA) is 160 Å². The van der Waals surface area contributed by atoms with Crippen molar-refractivity contribution in [3.63, 3.8) is 0 Å². The molecule has 0 amide bonds. The maximum Gasteiger partial charge on any atom is 0.274 e. The molecule has 4 rings (SSSR count). The number of aromatic nitrogens is 3. The van der Waals surface area contributed by atoms with Crippen LogP contribution in [0.2, 0.25) is 0 Å². The fourth-order valence-corrected chi connectivity index (χ4v) is 2.97. The maximum absolute atomic E-state index is 11.2. The quantitative estimate of drug-likeness (QED) is 0.156. The molecule has 3 aromatic carbocycles. The first-order chi connectivity index (χ1) is 17.0. The van der Waals surface area contributed by atoms with E-state index in [1.54, 1.807) is 0 Å². The summed E-state index contributed by atoms with van der Waals surface area (Å²) in [5.74, 6) is 0.246. The van der Waals surface area contributed by atoms with Crippen molar-refractivity contribution in [2.45, 2.75) is 0 Å². The highest BCUT2D eigenvalue weighted by atomic mass is 16.6. The van der Waals surface area contributed by atoms with E-state index in [-0.39, 0.29) is 40.6 Å². The lowest BCUT2D eigenvalue weighted by Crippen LogP contribution is -2.07. The van der Waals surface area contributed by atoms with E-state index in [4.69, 9.17) is 4.74 Å². The number of hydrazone groups is 1. The van der Waals surface area contributed by atoms with Crippen LogP contribution >= 0.6 is 0 Å². The van der Waals surface area contributed by atoms with Gasteiger partial charge in [0.1, 0.15) is 0 Å². The summed E-state index contributed by atoms with van der Waals surface area (Å²) in [6, 6.07) is 21.0. The van der Waals surface area contributed by atoms with E-state index in [0.29, 0.717) is 0 Å². The van der Waals surface area contributed by atoms with Gasteiger partial charge in [-0.25, -0.2) is 5.43 Å². The summed E-state index contributed by atoms with van der Waals surface area (Å²) in [6.45, 7) is 0. The largest absolute Gasteiger partial charge is 0.504 e. The Bertz CT molecular complexity index is 1290. The zero-order valence-corrected chi connectivity index (χ0v) is 18.4. The second-order valence-corrected chi connectivity index (χ2v) is 7.00. The smallest absolute Gasteiger partial charge is 0.274 e. The fraction of sp³-hybridized carbons (Fsp3) is 0.0435. The van der Waals surface area contributed by atoms with Crippen LogP contribution in [-0.2, 0) is 0 Å². The molecule has 12 nitrogen and oxygen atoms in total. The van der Waals surface area contributed by atoms with Gasteiger partial charge >= 0.3 is 0 Å². The number of hydrogen-bond acceptors (Lipinski definition) is 11. The van der Waals surface area contributed by atoms with Crippen molar-refractivity contribution in [3.8, 4) is 11.5 Å². The minimum absolute atomic E-state index is 0.0514. The van der Waals surface area contributed by atoms with Gasteiger partial charge in [-0.3, -0.25) is 10.1 Å². The summed E-state index contributed by atoms with van der Waals surface area (Å²) < 4.78 is 5.00. The molecule has 0 saturated heterocycles. The van der Waals surface area contributed by atoms with Gasteiger partial charge in [-0.1, -0.05) is 36.4 Å². The molecule has 0 fully saturated rings. The van der Waals surface area contributed by atoms with Crippen LogP contribution in [0.5, 0.6) is 11.5 Å². The second kappa shape index (κ2) is 10.6. The fourth-order valence-electron chi connectivity index (χ4n) is 2.97. The normalized spacial score (nSPS) is 10.7. The number of nitro benzene ring substituents is 1. The van der Waals surface area contributed by atoms with E-state index in [0.717, 1.165) is 17.4 Å². The Kier molecular flexibility index (Phi) is 6.92. The molecule has 0 aliphatic heterocycles. The van der Waals surface area contributed by atoms with E-state index in [1.807, 2.05) is 60.7 Å². The number of aromatic hydroxyl groups is 1. The third kappa shape index (κ3) is 5.96. The molecule has 0 atom stereocenters. The molecular weight excluding hydrogens is 452 g/mol. The molecule has 176 valence electrons. The zero-order valence-electron chi connectivity index (χ0n) is 18.4. The SMILES string of the molecule is COc1cc([N+](=O)[O-])cc(/C=N\Nc2nc(Nc3ccccc3)nc(Nc3ccccc3)n2)c1O. The summed E-state index contributed by atoms with van der Waals surface area (Å²) in [7, 11) is 1.30. The Labute approximate surface area is 199 Å². The van der Waals surface area contributed by atoms with Crippen LogP contribution in [0, 0.1) is 10.1 Å². The minimum atomic E-state index is -0.595. The van der Waals surface area contributed by atoms with Gasteiger partial charge < -0.3 is 20.5 Å². The Morgan fingerprint density at radius 1 is 0.914 bits per heavy atom. The predicted octanol–water partition coefficient (Wildman–Crippen LogP) is 4.43. The number of non-ortho nitro benzene ring substituents is 1. The number of ether oxygens (including phenoxy) is 1. The van der Waals surface area contributed by atoms with Crippen molar-refractivity contribution in [1.29, 1.82) is 0 Å². The average molecular weight is 472 g/mol. The van der Waals surface area contributed by atoms with Crippen LogP contribution in [-0.4, -0.2) is 38.3 Å². The number of benzene rings is 3. The second-order valence-electron chi connectivity index (χ2n) is 7.00. The lowest BCUT2D eigenvalue weighted by Gasteiger charge is -2.10. The van der Waals surface area contributed by atoms with Crippen molar-refractivity contribution in [1.82, 2.24) is 15.0 Å². The number of nitrogens with zero attached hydrogens (tertiary/aromatic N) is 5. The molecule has 1 aromatic heterocycles. The first kappa shape index (κ1) is 22.9. The molecule has 4 N–H and O–H groups in total. The number of phenolic OH excluding ortho intramolecular Hbond substituents is 1. The molecule has 0 aliphatic rings. The summed E-state index contributed by atoms with van der Waals surface area (Å²) in [5.41, 5.74) is 4.02. The van der Waals surface area contributed by atoms with Crippen LogP contribution in [0.3, 0.4) is 0 Å². The van der Waals surface area contributed by atoms with Crippen LogP contribution in [0.25, 0.3) is 0 Å². The molecular formula is C23H20N8O4. The van der Waals surface area contributed by atoms with Crippen LogP contribution in [0.4, 0.5) is 34.9 Å². The van der Waals surface area contributed by atoms with Gasteiger partial charge in [0.15, 0.2) is 11.5 Å². The standard InChI is InChI=1S/C23H20N8O4/c1-35-19-13-18(31(33)34)12-15(20(19)32)14-24-30-23-28-21(25-16-8-4-2-5-9-16)27-22(29-23)26-17-10-6-3-7-11-17/h2-14,32H,1H3,(H3,25,26,27,28,29,30)/b24-14-. The first-order valence-electron chi connectivity index (χ1n) is 10.3. The summed E-state index contributed by atoms with van der Waals surface area (Å²) in [4.78, 5) is 23.6. The number of nitrogens with one attached hydrogen (secondary N) is 3. The average Bonchev–Trinajstić information content (AvgIpc) is 2.86. The molecule has 1 heterocycles. The van der Waals surface area contributed by atoms with Crippen molar-refractivity contribution < 1.29 is 14.8 Å². The Morgan fingerprint density at radius 3 is 1.97 bits per heavy atom. The molecule has 0 spiro atoms. The van der Waals surface area contributed by atoms with Crippen LogP contribution in [0.1, 0.15) is 5.56 Å². The highest BCUT2D eigenvalue weighted by molar-refractivity contribution is 5.86. The van der Waals surface area contributed by atoms with E-state index in [1.165, 1.54) is 19.4 Å². The van der Waals surface area contributed by atoms with Gasteiger partial charge in [-0.05, 0) is 24.3 Å². The number of methoxy groups -OCH3 is 1. The number of hydrogen-bond donors (Lipinski definition) is 4. The number of anilines is 5. The molecule has 0 radical (unpaired) electrons. The highest BCUT2D eigenvalue weighted by Crippen LogP contribution is 2.33. The van der Waals surface area contributed by atoms with Crippen molar-refractivity contribution in [2.75, 3.05) is 23.2 Å². The van der Waals surface area contributed by atoms with Gasteiger partial charge in [-0.2, -0.15) is 20.1 Å². The van der Waals surface area contributed by atoms with Gasteiger partial charge in [0.2, 0.25) is 17.8 Å². The molecule has 0 unspecified atom stereocenters. The monoisotopic (exact) mass is 472 g/mol. The Morgan fingerprint density at radius 2 is 1.46 bits per heavy atom. The molecule has 0 bridgehead atoms. The number of rotatable bonds is 9.